The summed E-state index contributed by atoms with van der Waals surface area (Å²) in [5, 5.41) is 4.49. The second-order valence-corrected chi connectivity index (χ2v) is 5.81. The Morgan fingerprint density at radius 3 is 2.29 bits per heavy atom. The van der Waals surface area contributed by atoms with Crippen LogP contribution in [0.15, 0.2) is 30.3 Å². The van der Waals surface area contributed by atoms with Gasteiger partial charge < -0.3 is 10.1 Å². The molecule has 112 valence electrons. The fourth-order valence-electron chi connectivity index (χ4n) is 2.21. The predicted molar refractivity (Wildman–Crippen MR) is 90.9 cm³/mol. The van der Waals surface area contributed by atoms with Crippen LogP contribution in [-0.4, -0.2) is 6.61 Å². The van der Waals surface area contributed by atoms with Gasteiger partial charge in [-0.15, -0.1) is 0 Å². The first-order valence-electron chi connectivity index (χ1n) is 6.93. The predicted octanol–water partition coefficient (Wildman–Crippen LogP) is 5.62. The zero-order chi connectivity index (χ0) is 15.4. The molecule has 0 radical (unpaired) electrons. The van der Waals surface area contributed by atoms with E-state index in [-0.39, 0.29) is 0 Å². The van der Waals surface area contributed by atoms with Crippen molar-refractivity contribution in [1.82, 2.24) is 0 Å². The highest BCUT2D eigenvalue weighted by molar-refractivity contribution is 6.37. The third-order valence-electron chi connectivity index (χ3n) is 3.21. The van der Waals surface area contributed by atoms with Gasteiger partial charge in [-0.1, -0.05) is 40.9 Å². The number of nitrogens with one attached hydrogen (secondary N) is 1. The first-order valence-corrected chi connectivity index (χ1v) is 7.68. The van der Waals surface area contributed by atoms with Gasteiger partial charge in [0.25, 0.3) is 0 Å². The van der Waals surface area contributed by atoms with Crippen molar-refractivity contribution in [2.45, 2.75) is 27.3 Å². The lowest BCUT2D eigenvalue weighted by Gasteiger charge is -2.13. The Labute approximate surface area is 136 Å². The zero-order valence-electron chi connectivity index (χ0n) is 12.5. The van der Waals surface area contributed by atoms with E-state index in [0.29, 0.717) is 28.9 Å². The molecule has 0 saturated heterocycles. The molecule has 0 saturated carbocycles. The van der Waals surface area contributed by atoms with Gasteiger partial charge in [-0.2, -0.15) is 0 Å². The molecular formula is C17H19Cl2NO. The van der Waals surface area contributed by atoms with Crippen LogP contribution in [0.3, 0.4) is 0 Å². The van der Waals surface area contributed by atoms with E-state index >= 15 is 0 Å². The number of benzene rings is 2. The van der Waals surface area contributed by atoms with Gasteiger partial charge in [0.15, 0.2) is 5.75 Å². The van der Waals surface area contributed by atoms with Crippen molar-refractivity contribution in [3.63, 3.8) is 0 Å². The van der Waals surface area contributed by atoms with Crippen LogP contribution in [0.5, 0.6) is 5.75 Å². The normalized spacial score (nSPS) is 10.5. The Morgan fingerprint density at radius 2 is 1.71 bits per heavy atom. The summed E-state index contributed by atoms with van der Waals surface area (Å²) < 4.78 is 5.43. The monoisotopic (exact) mass is 323 g/mol. The second kappa shape index (κ2) is 7.06. The molecule has 0 aliphatic rings. The lowest BCUT2D eigenvalue weighted by atomic mass is 10.1. The Kier molecular flexibility index (Phi) is 5.38. The van der Waals surface area contributed by atoms with Crippen molar-refractivity contribution in [2.75, 3.05) is 11.9 Å². The highest BCUT2D eigenvalue weighted by Gasteiger charge is 2.09. The van der Waals surface area contributed by atoms with Crippen LogP contribution >= 0.6 is 23.2 Å². The highest BCUT2D eigenvalue weighted by atomic mass is 35.5. The van der Waals surface area contributed by atoms with Crippen molar-refractivity contribution in [3.05, 3.63) is 57.1 Å². The van der Waals surface area contributed by atoms with E-state index in [4.69, 9.17) is 27.9 Å². The minimum atomic E-state index is 0.541. The van der Waals surface area contributed by atoms with Crippen molar-refractivity contribution in [1.29, 1.82) is 0 Å². The van der Waals surface area contributed by atoms with Crippen LogP contribution in [0.1, 0.15) is 23.6 Å². The maximum Gasteiger partial charge on any atom is 0.156 e. The fourth-order valence-corrected chi connectivity index (χ4v) is 2.85. The minimum Gasteiger partial charge on any atom is -0.491 e. The van der Waals surface area contributed by atoms with Gasteiger partial charge in [0, 0.05) is 12.2 Å². The van der Waals surface area contributed by atoms with E-state index in [9.17, 15) is 0 Å². The molecule has 1 N–H and O–H groups in total. The summed E-state index contributed by atoms with van der Waals surface area (Å²) in [5.41, 5.74) is 4.61. The maximum atomic E-state index is 6.21. The number of hydrogen-bond donors (Lipinski definition) is 1. The van der Waals surface area contributed by atoms with Crippen molar-refractivity contribution in [2.24, 2.45) is 0 Å². The molecule has 0 aromatic heterocycles. The number of anilines is 1. The summed E-state index contributed by atoms with van der Waals surface area (Å²) in [6, 6.07) is 10.1. The van der Waals surface area contributed by atoms with E-state index in [2.05, 4.69) is 37.4 Å². The molecule has 0 bridgehead atoms. The first-order chi connectivity index (χ1) is 10.0. The van der Waals surface area contributed by atoms with Crippen molar-refractivity contribution in [3.8, 4) is 5.75 Å². The number of hydrogen-bond acceptors (Lipinski definition) is 2. The van der Waals surface area contributed by atoms with Crippen LogP contribution in [0.2, 0.25) is 10.0 Å². The average molecular weight is 324 g/mol. The Bertz CT molecular complexity index is 618. The Balaban J connectivity index is 2.13. The van der Waals surface area contributed by atoms with Crippen LogP contribution in [-0.2, 0) is 6.54 Å². The summed E-state index contributed by atoms with van der Waals surface area (Å²) in [4.78, 5) is 0. The molecule has 4 heteroatoms. The van der Waals surface area contributed by atoms with Gasteiger partial charge in [0.1, 0.15) is 0 Å². The van der Waals surface area contributed by atoms with E-state index in [1.807, 2.05) is 19.1 Å². The summed E-state index contributed by atoms with van der Waals surface area (Å²) in [6.45, 7) is 7.29. The molecule has 2 aromatic carbocycles. The molecule has 2 aromatic rings. The molecule has 0 spiro atoms. The molecule has 0 unspecified atom stereocenters. The maximum absolute atomic E-state index is 6.21. The van der Waals surface area contributed by atoms with Crippen LogP contribution in [0, 0.1) is 13.8 Å². The van der Waals surface area contributed by atoms with Crippen LogP contribution < -0.4 is 10.1 Å². The molecule has 0 atom stereocenters. The molecule has 2 nitrogen and oxygen atoms in total. The molecule has 0 aliphatic carbocycles. The number of aryl methyl sites for hydroxylation is 2. The largest absolute Gasteiger partial charge is 0.491 e. The highest BCUT2D eigenvalue weighted by Crippen LogP contribution is 2.34. The quantitative estimate of drug-likeness (QED) is 0.770. The van der Waals surface area contributed by atoms with Gasteiger partial charge in [-0.3, -0.25) is 0 Å². The average Bonchev–Trinajstić information content (AvgIpc) is 2.42. The Morgan fingerprint density at radius 1 is 1.05 bits per heavy atom. The van der Waals surface area contributed by atoms with Gasteiger partial charge in [-0.25, -0.2) is 0 Å². The molecule has 0 heterocycles. The number of rotatable bonds is 5. The van der Waals surface area contributed by atoms with Gasteiger partial charge in [0.05, 0.1) is 16.7 Å². The molecule has 0 fully saturated rings. The van der Waals surface area contributed by atoms with Crippen LogP contribution in [0.25, 0.3) is 0 Å². The zero-order valence-corrected chi connectivity index (χ0v) is 14.0. The standard InChI is InChI=1S/C17H19Cl2NO/c1-4-21-17-14(18)8-13(9-15(17)19)10-20-16-6-5-11(2)7-12(16)3/h5-9,20H,4,10H2,1-3H3. The van der Waals surface area contributed by atoms with Crippen molar-refractivity contribution >= 4 is 28.9 Å². The van der Waals surface area contributed by atoms with E-state index in [0.717, 1.165) is 11.3 Å². The lowest BCUT2D eigenvalue weighted by molar-refractivity contribution is 0.340. The van der Waals surface area contributed by atoms with E-state index in [1.54, 1.807) is 0 Å². The summed E-state index contributed by atoms with van der Waals surface area (Å²) in [6.07, 6.45) is 0. The minimum absolute atomic E-state index is 0.541. The summed E-state index contributed by atoms with van der Waals surface area (Å²) >= 11 is 12.4. The van der Waals surface area contributed by atoms with Gasteiger partial charge >= 0.3 is 0 Å². The van der Waals surface area contributed by atoms with E-state index in [1.165, 1.54) is 11.1 Å². The lowest BCUT2D eigenvalue weighted by Crippen LogP contribution is -2.02. The molecule has 2 rings (SSSR count). The smallest absolute Gasteiger partial charge is 0.156 e. The fraction of sp³-hybridized carbons (Fsp3) is 0.294. The van der Waals surface area contributed by atoms with Gasteiger partial charge in [0.2, 0.25) is 0 Å². The van der Waals surface area contributed by atoms with Crippen LogP contribution in [0.4, 0.5) is 5.69 Å². The van der Waals surface area contributed by atoms with E-state index < -0.39 is 0 Å². The van der Waals surface area contributed by atoms with Gasteiger partial charge in [-0.05, 0) is 50.1 Å². The second-order valence-electron chi connectivity index (χ2n) is 4.99. The number of ether oxygens (including phenoxy) is 1. The summed E-state index contributed by atoms with van der Waals surface area (Å²) in [7, 11) is 0. The summed E-state index contributed by atoms with van der Waals surface area (Å²) in [5.74, 6) is 0.552. The number of halogens is 2. The molecular weight excluding hydrogens is 305 g/mol. The molecule has 0 aliphatic heterocycles. The molecule has 0 amide bonds. The SMILES string of the molecule is CCOc1c(Cl)cc(CNc2ccc(C)cc2C)cc1Cl. The third kappa shape index (κ3) is 4.05. The van der Waals surface area contributed by atoms with Crippen molar-refractivity contribution < 1.29 is 4.74 Å². The molecule has 21 heavy (non-hydrogen) atoms. The first kappa shape index (κ1) is 16.0. The third-order valence-corrected chi connectivity index (χ3v) is 3.77. The topological polar surface area (TPSA) is 21.3 Å². The Hall–Kier alpha value is -1.38.